The molecule has 1 aromatic carbocycles. The average Bonchev–Trinajstić information content (AvgIpc) is 2.87. The van der Waals surface area contributed by atoms with Crippen LogP contribution in [0.5, 0.6) is 0 Å². The van der Waals surface area contributed by atoms with Gasteiger partial charge in [-0.15, -0.1) is 11.3 Å². The predicted molar refractivity (Wildman–Crippen MR) is 103 cm³/mol. The van der Waals surface area contributed by atoms with E-state index in [4.69, 9.17) is 9.57 Å². The number of esters is 1. The van der Waals surface area contributed by atoms with Crippen LogP contribution in [-0.4, -0.2) is 31.3 Å². The van der Waals surface area contributed by atoms with Crippen molar-refractivity contribution in [2.45, 2.75) is 27.7 Å². The number of amides is 1. The van der Waals surface area contributed by atoms with Crippen LogP contribution in [0.3, 0.4) is 0 Å². The van der Waals surface area contributed by atoms with Crippen LogP contribution in [0, 0.1) is 20.8 Å². The Labute approximate surface area is 156 Å². The highest BCUT2D eigenvalue weighted by Crippen LogP contribution is 2.32. The lowest BCUT2D eigenvalue weighted by molar-refractivity contribution is -0.120. The third-order valence-electron chi connectivity index (χ3n) is 3.67. The van der Waals surface area contributed by atoms with E-state index in [9.17, 15) is 9.59 Å². The summed E-state index contributed by atoms with van der Waals surface area (Å²) in [6.07, 6.45) is 1.54. The predicted octanol–water partition coefficient (Wildman–Crippen LogP) is 3.84. The molecule has 2 aromatic rings. The number of rotatable bonds is 7. The molecule has 0 bridgehead atoms. The Morgan fingerprint density at radius 1 is 1.19 bits per heavy atom. The molecule has 1 heterocycles. The van der Waals surface area contributed by atoms with Gasteiger partial charge in [0.1, 0.15) is 5.00 Å². The van der Waals surface area contributed by atoms with E-state index in [0.29, 0.717) is 10.6 Å². The highest BCUT2D eigenvalue weighted by atomic mass is 32.1. The van der Waals surface area contributed by atoms with Crippen molar-refractivity contribution in [3.05, 3.63) is 51.4 Å². The summed E-state index contributed by atoms with van der Waals surface area (Å²) < 4.78 is 5.06. The van der Waals surface area contributed by atoms with Crippen molar-refractivity contribution in [2.75, 3.05) is 18.5 Å². The van der Waals surface area contributed by atoms with E-state index in [0.717, 1.165) is 21.6 Å². The highest BCUT2D eigenvalue weighted by molar-refractivity contribution is 7.16. The summed E-state index contributed by atoms with van der Waals surface area (Å²) in [4.78, 5) is 30.1. The molecule has 0 saturated heterocycles. The Balaban J connectivity index is 1.94. The van der Waals surface area contributed by atoms with Crippen molar-refractivity contribution < 1.29 is 19.2 Å². The standard InChI is InChI=1S/C19H22N2O4S/c1-5-24-19(23)17-13(3)14(4)26-18(17)21-16(22)11-25-20-10-15-8-6-12(2)7-9-15/h6-10H,5,11H2,1-4H3,(H,21,22)/b20-10-. The maximum atomic E-state index is 12.1. The second kappa shape index (κ2) is 9.15. The molecule has 7 heteroatoms. The molecule has 0 aliphatic carbocycles. The minimum absolute atomic E-state index is 0.249. The van der Waals surface area contributed by atoms with Gasteiger partial charge < -0.3 is 14.9 Å². The lowest BCUT2D eigenvalue weighted by Gasteiger charge is -2.06. The zero-order valence-electron chi connectivity index (χ0n) is 15.3. The molecule has 26 heavy (non-hydrogen) atoms. The summed E-state index contributed by atoms with van der Waals surface area (Å²) in [5.74, 6) is -0.833. The number of hydrogen-bond acceptors (Lipinski definition) is 6. The molecular weight excluding hydrogens is 352 g/mol. The molecule has 1 amide bonds. The average molecular weight is 374 g/mol. The van der Waals surface area contributed by atoms with Crippen LogP contribution in [0.25, 0.3) is 0 Å². The van der Waals surface area contributed by atoms with E-state index < -0.39 is 11.9 Å². The number of carbonyl (C=O) groups excluding carboxylic acids is 2. The Morgan fingerprint density at radius 2 is 1.88 bits per heavy atom. The number of nitrogens with one attached hydrogen (secondary N) is 1. The highest BCUT2D eigenvalue weighted by Gasteiger charge is 2.22. The first-order valence-electron chi connectivity index (χ1n) is 8.21. The smallest absolute Gasteiger partial charge is 0.341 e. The second-order valence-corrected chi connectivity index (χ2v) is 6.90. The first-order chi connectivity index (χ1) is 12.4. The molecule has 0 atom stereocenters. The van der Waals surface area contributed by atoms with Crippen molar-refractivity contribution in [2.24, 2.45) is 5.16 Å². The number of benzene rings is 1. The minimum atomic E-state index is -0.442. The topological polar surface area (TPSA) is 77.0 Å². The van der Waals surface area contributed by atoms with Gasteiger partial charge in [-0.2, -0.15) is 0 Å². The van der Waals surface area contributed by atoms with Gasteiger partial charge in [0.15, 0.2) is 6.61 Å². The Bertz CT molecular complexity index is 810. The molecule has 1 N–H and O–H groups in total. The normalized spacial score (nSPS) is 10.8. The molecule has 0 spiro atoms. The summed E-state index contributed by atoms with van der Waals surface area (Å²) in [5, 5.41) is 6.95. The van der Waals surface area contributed by atoms with E-state index in [1.54, 1.807) is 6.92 Å². The van der Waals surface area contributed by atoms with Crippen LogP contribution in [0.15, 0.2) is 29.4 Å². The van der Waals surface area contributed by atoms with Crippen molar-refractivity contribution in [1.82, 2.24) is 0 Å². The fraction of sp³-hybridized carbons (Fsp3) is 0.316. The zero-order chi connectivity index (χ0) is 19.1. The summed E-state index contributed by atoms with van der Waals surface area (Å²) >= 11 is 1.33. The molecule has 0 unspecified atom stereocenters. The summed E-state index contributed by atoms with van der Waals surface area (Å²) in [6.45, 7) is 7.49. The zero-order valence-corrected chi connectivity index (χ0v) is 16.1. The summed E-state index contributed by atoms with van der Waals surface area (Å²) in [7, 11) is 0. The molecule has 0 aliphatic heterocycles. The van der Waals surface area contributed by atoms with Crippen LogP contribution in [-0.2, 0) is 14.4 Å². The number of ether oxygens (including phenoxy) is 1. The summed E-state index contributed by atoms with van der Waals surface area (Å²) in [5.41, 5.74) is 3.24. The van der Waals surface area contributed by atoms with Crippen LogP contribution >= 0.6 is 11.3 Å². The quantitative estimate of drug-likeness (QED) is 0.454. The first-order valence-corrected chi connectivity index (χ1v) is 9.03. The van der Waals surface area contributed by atoms with Gasteiger partial charge in [-0.3, -0.25) is 4.79 Å². The number of aryl methyl sites for hydroxylation is 2. The minimum Gasteiger partial charge on any atom is -0.462 e. The van der Waals surface area contributed by atoms with Crippen LogP contribution in [0.4, 0.5) is 5.00 Å². The Kier molecular flexibility index (Phi) is 6.91. The van der Waals surface area contributed by atoms with Crippen molar-refractivity contribution in [3.8, 4) is 0 Å². The Morgan fingerprint density at radius 3 is 2.54 bits per heavy atom. The largest absolute Gasteiger partial charge is 0.462 e. The fourth-order valence-corrected chi connectivity index (χ4v) is 3.24. The van der Waals surface area contributed by atoms with Gasteiger partial charge in [0.2, 0.25) is 0 Å². The number of nitrogens with zero attached hydrogens (tertiary/aromatic N) is 1. The molecule has 6 nitrogen and oxygen atoms in total. The van der Waals surface area contributed by atoms with Gasteiger partial charge in [-0.1, -0.05) is 35.0 Å². The maximum Gasteiger partial charge on any atom is 0.341 e. The molecule has 0 fully saturated rings. The SMILES string of the molecule is CCOC(=O)c1c(NC(=O)CO/N=C\c2ccc(C)cc2)sc(C)c1C. The van der Waals surface area contributed by atoms with Gasteiger partial charge >= 0.3 is 5.97 Å². The van der Waals surface area contributed by atoms with E-state index in [2.05, 4.69) is 10.5 Å². The molecule has 2 rings (SSSR count). The third-order valence-corrected chi connectivity index (χ3v) is 4.79. The van der Waals surface area contributed by atoms with Gasteiger partial charge in [-0.05, 0) is 38.8 Å². The van der Waals surface area contributed by atoms with Gasteiger partial charge in [-0.25, -0.2) is 4.79 Å². The van der Waals surface area contributed by atoms with Crippen LogP contribution < -0.4 is 5.32 Å². The molecule has 138 valence electrons. The Hall–Kier alpha value is -2.67. The maximum absolute atomic E-state index is 12.1. The van der Waals surface area contributed by atoms with E-state index in [-0.39, 0.29) is 13.2 Å². The third kappa shape index (κ3) is 5.16. The van der Waals surface area contributed by atoms with Crippen molar-refractivity contribution in [3.63, 3.8) is 0 Å². The lowest BCUT2D eigenvalue weighted by Crippen LogP contribution is -2.18. The second-order valence-electron chi connectivity index (χ2n) is 5.67. The van der Waals surface area contributed by atoms with Crippen molar-refractivity contribution in [1.29, 1.82) is 0 Å². The van der Waals surface area contributed by atoms with Gasteiger partial charge in [0.25, 0.3) is 5.91 Å². The van der Waals surface area contributed by atoms with Gasteiger partial charge in [0.05, 0.1) is 18.4 Å². The van der Waals surface area contributed by atoms with Gasteiger partial charge in [0, 0.05) is 4.88 Å². The molecule has 1 aromatic heterocycles. The number of anilines is 1. The van der Waals surface area contributed by atoms with E-state index in [1.165, 1.54) is 17.6 Å². The van der Waals surface area contributed by atoms with E-state index in [1.807, 2.05) is 45.0 Å². The van der Waals surface area contributed by atoms with Crippen LogP contribution in [0.2, 0.25) is 0 Å². The molecule has 0 saturated carbocycles. The first kappa shape index (κ1) is 19.7. The molecule has 0 aliphatic rings. The number of hydrogen-bond donors (Lipinski definition) is 1. The lowest BCUT2D eigenvalue weighted by atomic mass is 10.1. The van der Waals surface area contributed by atoms with Crippen molar-refractivity contribution >= 4 is 34.4 Å². The summed E-state index contributed by atoms with van der Waals surface area (Å²) in [6, 6.07) is 7.75. The number of thiophene rings is 1. The van der Waals surface area contributed by atoms with Crippen LogP contribution in [0.1, 0.15) is 38.8 Å². The number of carbonyl (C=O) groups is 2. The van der Waals surface area contributed by atoms with E-state index >= 15 is 0 Å². The number of oxime groups is 1. The molecule has 0 radical (unpaired) electrons. The monoisotopic (exact) mass is 374 g/mol. The molecular formula is C19H22N2O4S. The fourth-order valence-electron chi connectivity index (χ4n) is 2.17.